The fraction of sp³-hybridized carbons (Fsp3) is 0.286. The van der Waals surface area contributed by atoms with Gasteiger partial charge >= 0.3 is 0 Å². The molecule has 0 aliphatic carbocycles. The molecule has 8 nitrogen and oxygen atoms in total. The molecule has 1 aromatic carbocycles. The first-order chi connectivity index (χ1) is 10.5. The van der Waals surface area contributed by atoms with E-state index >= 15 is 0 Å². The summed E-state index contributed by atoms with van der Waals surface area (Å²) >= 11 is 0. The molecule has 114 valence electrons. The number of aryl methyl sites for hydroxylation is 1. The molecule has 1 aromatic heterocycles. The lowest BCUT2D eigenvalue weighted by molar-refractivity contribution is 0.184. The maximum absolute atomic E-state index is 9.30. The second-order valence-corrected chi connectivity index (χ2v) is 4.90. The number of nitriles is 1. The summed E-state index contributed by atoms with van der Waals surface area (Å²) < 4.78 is 0. The number of benzene rings is 1. The van der Waals surface area contributed by atoms with E-state index in [2.05, 4.69) is 20.5 Å². The zero-order chi connectivity index (χ0) is 16.1. The number of aromatic nitrogens is 2. The Hall–Kier alpha value is -2.92. The molecule has 0 bridgehead atoms. The molecule has 8 heteroatoms. The van der Waals surface area contributed by atoms with Crippen LogP contribution in [-0.2, 0) is 6.42 Å². The van der Waals surface area contributed by atoms with Gasteiger partial charge in [-0.05, 0) is 31.5 Å². The number of aliphatic hydroxyl groups is 1. The molecule has 6 N–H and O–H groups in total. The minimum absolute atomic E-state index is 0.178. The van der Waals surface area contributed by atoms with E-state index in [0.717, 1.165) is 16.9 Å². The molecule has 2 rings (SSSR count). The highest BCUT2D eigenvalue weighted by atomic mass is 16.3. The molecule has 0 saturated carbocycles. The van der Waals surface area contributed by atoms with E-state index in [1.807, 2.05) is 6.07 Å². The zero-order valence-corrected chi connectivity index (χ0v) is 12.1. The lowest BCUT2D eigenvalue weighted by Crippen LogP contribution is -2.21. The van der Waals surface area contributed by atoms with Crippen molar-refractivity contribution < 1.29 is 5.11 Å². The summed E-state index contributed by atoms with van der Waals surface area (Å²) in [6, 6.07) is 7.11. The number of fused-ring (bicyclic) bond motifs is 1. The summed E-state index contributed by atoms with van der Waals surface area (Å²) in [5.74, 6) is 0.413. The van der Waals surface area contributed by atoms with Crippen LogP contribution in [0.3, 0.4) is 0 Å². The van der Waals surface area contributed by atoms with Crippen molar-refractivity contribution in [1.82, 2.24) is 9.97 Å². The third-order valence-corrected chi connectivity index (χ3v) is 2.99. The Kier molecular flexibility index (Phi) is 4.70. The number of hydrogen-bond acceptors (Lipinski definition) is 6. The van der Waals surface area contributed by atoms with E-state index in [1.165, 1.54) is 0 Å². The number of H-pyrrole nitrogens is 1. The van der Waals surface area contributed by atoms with Crippen LogP contribution in [0.4, 0.5) is 5.69 Å². The van der Waals surface area contributed by atoms with Crippen molar-refractivity contribution >= 4 is 28.3 Å². The van der Waals surface area contributed by atoms with Gasteiger partial charge < -0.3 is 15.8 Å². The highest BCUT2D eigenvalue weighted by Gasteiger charge is 2.06. The molecule has 22 heavy (non-hydrogen) atoms. The first kappa shape index (κ1) is 15.5. The highest BCUT2D eigenvalue weighted by Crippen LogP contribution is 2.18. The van der Waals surface area contributed by atoms with E-state index in [9.17, 15) is 5.11 Å². The Morgan fingerprint density at radius 3 is 3.05 bits per heavy atom. The van der Waals surface area contributed by atoms with E-state index in [1.54, 1.807) is 25.1 Å². The maximum atomic E-state index is 9.30. The van der Waals surface area contributed by atoms with Crippen LogP contribution in [0.2, 0.25) is 0 Å². The van der Waals surface area contributed by atoms with Gasteiger partial charge in [-0.25, -0.2) is 4.98 Å². The molecular formula is C14H17N7O. The first-order valence-electron chi connectivity index (χ1n) is 6.74. The van der Waals surface area contributed by atoms with Gasteiger partial charge in [0.2, 0.25) is 5.71 Å². The average molecular weight is 299 g/mol. The van der Waals surface area contributed by atoms with E-state index in [4.69, 9.17) is 16.4 Å². The first-order valence-corrected chi connectivity index (χ1v) is 6.74. The quantitative estimate of drug-likeness (QED) is 0.308. The summed E-state index contributed by atoms with van der Waals surface area (Å²) in [5, 5.41) is 29.0. The standard InChI is InChI=1S/C14H17N7O/c1-8(22)2-5-13-18-10-4-3-9(6-11(10)19-13)20-21-12(7-15)14(16)17/h3-4,6,8,20,22H,2,5H2,1H3,(H3,16,17)(H,18,19)/b21-12+. The lowest BCUT2D eigenvalue weighted by Gasteiger charge is -2.00. The fourth-order valence-corrected chi connectivity index (χ4v) is 1.86. The molecule has 1 atom stereocenters. The number of nitrogens with zero attached hydrogens (tertiary/aromatic N) is 3. The van der Waals surface area contributed by atoms with Gasteiger partial charge in [-0.2, -0.15) is 10.4 Å². The number of nitrogens with two attached hydrogens (primary N) is 1. The number of imidazole rings is 1. The number of aromatic amines is 1. The second-order valence-electron chi connectivity index (χ2n) is 4.90. The van der Waals surface area contributed by atoms with Crippen LogP contribution >= 0.6 is 0 Å². The van der Waals surface area contributed by atoms with Crippen LogP contribution in [0, 0.1) is 16.7 Å². The smallest absolute Gasteiger partial charge is 0.201 e. The summed E-state index contributed by atoms with van der Waals surface area (Å²) in [6.45, 7) is 1.74. The van der Waals surface area contributed by atoms with Gasteiger partial charge in [-0.15, -0.1) is 0 Å². The third-order valence-electron chi connectivity index (χ3n) is 2.99. The molecule has 2 aromatic rings. The number of aliphatic hydroxyl groups excluding tert-OH is 1. The second kappa shape index (κ2) is 6.69. The number of amidine groups is 1. The van der Waals surface area contributed by atoms with Crippen LogP contribution < -0.4 is 11.2 Å². The molecule has 0 fully saturated rings. The van der Waals surface area contributed by atoms with Crippen LogP contribution in [0.1, 0.15) is 19.2 Å². The third kappa shape index (κ3) is 3.80. The Bertz CT molecular complexity index is 754. The van der Waals surface area contributed by atoms with Crippen LogP contribution in [-0.4, -0.2) is 32.7 Å². The van der Waals surface area contributed by atoms with E-state index < -0.39 is 5.84 Å². The highest BCUT2D eigenvalue weighted by molar-refractivity contribution is 6.45. The van der Waals surface area contributed by atoms with Gasteiger partial charge in [0, 0.05) is 6.42 Å². The predicted molar refractivity (Wildman–Crippen MR) is 84.7 cm³/mol. The van der Waals surface area contributed by atoms with Crippen molar-refractivity contribution in [3.8, 4) is 6.07 Å². The van der Waals surface area contributed by atoms with Gasteiger partial charge in [0.15, 0.2) is 5.84 Å². The Morgan fingerprint density at radius 2 is 2.41 bits per heavy atom. The summed E-state index contributed by atoms with van der Waals surface area (Å²) in [7, 11) is 0. The van der Waals surface area contributed by atoms with Gasteiger partial charge in [0.25, 0.3) is 0 Å². The largest absolute Gasteiger partial charge is 0.393 e. The van der Waals surface area contributed by atoms with Crippen molar-refractivity contribution in [3.63, 3.8) is 0 Å². The average Bonchev–Trinajstić information content (AvgIpc) is 2.87. The fourth-order valence-electron chi connectivity index (χ4n) is 1.86. The molecular weight excluding hydrogens is 282 g/mol. The van der Waals surface area contributed by atoms with Crippen LogP contribution in [0.15, 0.2) is 23.3 Å². The normalized spacial score (nSPS) is 12.9. The summed E-state index contributed by atoms with van der Waals surface area (Å²) in [4.78, 5) is 7.60. The number of hydrogen-bond donors (Lipinski definition) is 5. The Morgan fingerprint density at radius 1 is 1.64 bits per heavy atom. The monoisotopic (exact) mass is 299 g/mol. The molecule has 0 spiro atoms. The molecule has 0 saturated heterocycles. The Balaban J connectivity index is 2.16. The number of anilines is 1. The molecule has 0 aliphatic rings. The Labute approximate surface area is 127 Å². The topological polar surface area (TPSA) is 147 Å². The predicted octanol–water partition coefficient (Wildman–Crippen LogP) is 1.10. The van der Waals surface area contributed by atoms with E-state index in [0.29, 0.717) is 18.5 Å². The minimum atomic E-state index is -0.391. The van der Waals surface area contributed by atoms with Gasteiger partial charge in [-0.3, -0.25) is 10.8 Å². The minimum Gasteiger partial charge on any atom is -0.393 e. The van der Waals surface area contributed by atoms with Gasteiger partial charge in [0.1, 0.15) is 11.9 Å². The molecule has 1 unspecified atom stereocenters. The lowest BCUT2D eigenvalue weighted by atomic mass is 10.2. The van der Waals surface area contributed by atoms with Crippen LogP contribution in [0.25, 0.3) is 11.0 Å². The van der Waals surface area contributed by atoms with Crippen molar-refractivity contribution in [2.24, 2.45) is 10.8 Å². The number of rotatable bonds is 6. The molecule has 0 aliphatic heterocycles. The number of hydrazone groups is 1. The molecule has 0 amide bonds. The van der Waals surface area contributed by atoms with E-state index in [-0.39, 0.29) is 11.8 Å². The summed E-state index contributed by atoms with van der Waals surface area (Å²) in [5.41, 5.74) is 10.00. The van der Waals surface area contributed by atoms with Crippen molar-refractivity contribution in [1.29, 1.82) is 10.7 Å². The van der Waals surface area contributed by atoms with Crippen LogP contribution in [0.5, 0.6) is 0 Å². The van der Waals surface area contributed by atoms with Crippen molar-refractivity contribution in [2.45, 2.75) is 25.9 Å². The SMILES string of the molecule is CC(O)CCc1nc2ccc(N/N=C(\C#N)C(=N)N)cc2[nH]1. The van der Waals surface area contributed by atoms with Gasteiger partial charge in [-0.1, -0.05) is 0 Å². The molecule has 1 heterocycles. The molecule has 0 radical (unpaired) electrons. The van der Waals surface area contributed by atoms with Gasteiger partial charge in [0.05, 0.1) is 22.8 Å². The summed E-state index contributed by atoms with van der Waals surface area (Å²) in [6.07, 6.45) is 0.936. The van der Waals surface area contributed by atoms with Crippen molar-refractivity contribution in [2.75, 3.05) is 5.43 Å². The zero-order valence-electron chi connectivity index (χ0n) is 12.1. The number of nitrogens with one attached hydrogen (secondary N) is 3. The maximum Gasteiger partial charge on any atom is 0.201 e. The van der Waals surface area contributed by atoms with Crippen molar-refractivity contribution in [3.05, 3.63) is 24.0 Å².